The van der Waals surface area contributed by atoms with Gasteiger partial charge < -0.3 is 4.90 Å². The van der Waals surface area contributed by atoms with Crippen molar-refractivity contribution in [3.8, 4) is 5.69 Å². The summed E-state index contributed by atoms with van der Waals surface area (Å²) in [5.74, 6) is 0.326. The minimum absolute atomic E-state index is 0.0410. The third-order valence-electron chi connectivity index (χ3n) is 4.44. The van der Waals surface area contributed by atoms with Gasteiger partial charge in [0.05, 0.1) is 11.4 Å². The monoisotopic (exact) mass is 381 g/mol. The summed E-state index contributed by atoms with van der Waals surface area (Å²) < 4.78 is 1.68. The summed E-state index contributed by atoms with van der Waals surface area (Å²) >= 11 is 1.35. The molecule has 0 spiro atoms. The number of aryl methyl sites for hydroxylation is 3. The Morgan fingerprint density at radius 1 is 1.11 bits per heavy atom. The summed E-state index contributed by atoms with van der Waals surface area (Å²) in [7, 11) is 1.83. The topological polar surface area (TPSA) is 63.9 Å². The summed E-state index contributed by atoms with van der Waals surface area (Å²) in [5, 5.41) is 12.5. The lowest BCUT2D eigenvalue weighted by Crippen LogP contribution is -2.28. The fourth-order valence-electron chi connectivity index (χ4n) is 2.82. The molecule has 140 valence electrons. The van der Waals surface area contributed by atoms with Crippen LogP contribution in [0.3, 0.4) is 0 Å². The van der Waals surface area contributed by atoms with Crippen molar-refractivity contribution in [2.24, 2.45) is 0 Å². The Morgan fingerprint density at radius 2 is 1.89 bits per heavy atom. The van der Waals surface area contributed by atoms with Crippen LogP contribution >= 0.6 is 11.8 Å². The summed E-state index contributed by atoms with van der Waals surface area (Å²) in [5.41, 5.74) is 5.58. The quantitative estimate of drug-likeness (QED) is 0.613. The fourth-order valence-corrected chi connectivity index (χ4v) is 3.65. The first-order valence-electron chi connectivity index (χ1n) is 8.73. The molecule has 3 aromatic rings. The highest BCUT2D eigenvalue weighted by Gasteiger charge is 2.15. The number of rotatable bonds is 6. The predicted molar refractivity (Wildman–Crippen MR) is 107 cm³/mol. The molecule has 0 aliphatic carbocycles. The Bertz CT molecular complexity index is 953. The zero-order valence-electron chi connectivity index (χ0n) is 16.0. The molecule has 0 aliphatic rings. The normalized spacial score (nSPS) is 10.8. The first kappa shape index (κ1) is 19.1. The van der Waals surface area contributed by atoms with E-state index in [4.69, 9.17) is 0 Å². The van der Waals surface area contributed by atoms with Gasteiger partial charge in [-0.3, -0.25) is 4.79 Å². The van der Waals surface area contributed by atoms with Crippen molar-refractivity contribution >= 4 is 17.7 Å². The van der Waals surface area contributed by atoms with Crippen molar-refractivity contribution in [2.45, 2.75) is 32.5 Å². The number of carbonyl (C=O) groups is 1. The molecule has 0 radical (unpaired) electrons. The van der Waals surface area contributed by atoms with Crippen molar-refractivity contribution in [3.63, 3.8) is 0 Å². The van der Waals surface area contributed by atoms with Crippen LogP contribution in [0.4, 0.5) is 0 Å². The van der Waals surface area contributed by atoms with Crippen LogP contribution in [0.1, 0.15) is 22.3 Å². The molecular weight excluding hydrogens is 358 g/mol. The highest BCUT2D eigenvalue weighted by Crippen LogP contribution is 2.21. The highest BCUT2D eigenvalue weighted by atomic mass is 32.2. The van der Waals surface area contributed by atoms with Gasteiger partial charge in [-0.15, -0.1) is 5.10 Å². The van der Waals surface area contributed by atoms with Crippen LogP contribution in [0.25, 0.3) is 5.69 Å². The van der Waals surface area contributed by atoms with Crippen LogP contribution in [-0.2, 0) is 11.3 Å². The average Bonchev–Trinajstić information content (AvgIpc) is 3.10. The molecule has 0 unspecified atom stereocenters. The Hall–Kier alpha value is -2.67. The summed E-state index contributed by atoms with van der Waals surface area (Å²) in [6.07, 6.45) is 0. The molecule has 6 nitrogen and oxygen atoms in total. The van der Waals surface area contributed by atoms with Crippen LogP contribution in [0.2, 0.25) is 0 Å². The van der Waals surface area contributed by atoms with E-state index < -0.39 is 0 Å². The van der Waals surface area contributed by atoms with E-state index in [0.717, 1.165) is 16.8 Å². The third-order valence-corrected chi connectivity index (χ3v) is 5.34. The number of benzene rings is 2. The van der Waals surface area contributed by atoms with Gasteiger partial charge in [0.15, 0.2) is 0 Å². The number of hydrogen-bond acceptors (Lipinski definition) is 5. The first-order chi connectivity index (χ1) is 13.0. The molecule has 0 saturated heterocycles. The van der Waals surface area contributed by atoms with E-state index in [0.29, 0.717) is 11.7 Å². The third kappa shape index (κ3) is 4.54. The van der Waals surface area contributed by atoms with E-state index in [-0.39, 0.29) is 11.7 Å². The van der Waals surface area contributed by atoms with E-state index in [1.807, 2.05) is 38.2 Å². The molecule has 2 aromatic carbocycles. The van der Waals surface area contributed by atoms with Gasteiger partial charge in [0, 0.05) is 13.6 Å². The van der Waals surface area contributed by atoms with Gasteiger partial charge in [-0.1, -0.05) is 53.7 Å². The zero-order chi connectivity index (χ0) is 19.4. The fraction of sp³-hybridized carbons (Fsp3) is 0.300. The predicted octanol–water partition coefficient (Wildman–Crippen LogP) is 3.34. The van der Waals surface area contributed by atoms with Gasteiger partial charge in [0.1, 0.15) is 0 Å². The van der Waals surface area contributed by atoms with Gasteiger partial charge in [-0.2, -0.15) is 4.68 Å². The molecule has 0 N–H and O–H groups in total. The number of amides is 1. The molecule has 1 heterocycles. The number of tetrazole rings is 1. The summed E-state index contributed by atoms with van der Waals surface area (Å²) in [4.78, 5) is 14.3. The summed E-state index contributed by atoms with van der Waals surface area (Å²) in [6, 6.07) is 14.2. The van der Waals surface area contributed by atoms with Crippen LogP contribution in [0, 0.1) is 20.8 Å². The minimum Gasteiger partial charge on any atom is -0.341 e. The van der Waals surface area contributed by atoms with E-state index >= 15 is 0 Å². The van der Waals surface area contributed by atoms with Crippen LogP contribution in [0.15, 0.2) is 47.6 Å². The van der Waals surface area contributed by atoms with Crippen LogP contribution in [0.5, 0.6) is 0 Å². The largest absolute Gasteiger partial charge is 0.341 e. The standard InChI is InChI=1S/C20H23N5OS/c1-14-9-10-17(16(3)11-14)12-24(4)19(26)13-27-20-21-22-23-25(20)18-8-6-5-7-15(18)2/h5-11H,12-13H2,1-4H3. The lowest BCUT2D eigenvalue weighted by molar-refractivity contribution is -0.127. The minimum atomic E-state index is 0.0410. The van der Waals surface area contributed by atoms with Crippen molar-refractivity contribution in [1.29, 1.82) is 0 Å². The lowest BCUT2D eigenvalue weighted by atomic mass is 10.1. The van der Waals surface area contributed by atoms with E-state index in [2.05, 4.69) is 47.6 Å². The summed E-state index contributed by atoms with van der Waals surface area (Å²) in [6.45, 7) is 6.75. The number of aromatic nitrogens is 4. The van der Waals surface area contributed by atoms with Crippen LogP contribution in [-0.4, -0.2) is 43.8 Å². The maximum absolute atomic E-state index is 12.6. The molecule has 0 fully saturated rings. The SMILES string of the molecule is Cc1ccc(CN(C)C(=O)CSc2nnnn2-c2ccccc2C)c(C)c1. The average molecular weight is 382 g/mol. The van der Waals surface area contributed by atoms with Crippen molar-refractivity contribution in [2.75, 3.05) is 12.8 Å². The molecule has 3 rings (SSSR count). The zero-order valence-corrected chi connectivity index (χ0v) is 16.8. The van der Waals surface area contributed by atoms with Crippen molar-refractivity contribution in [3.05, 3.63) is 64.7 Å². The first-order valence-corrected chi connectivity index (χ1v) is 9.71. The highest BCUT2D eigenvalue weighted by molar-refractivity contribution is 7.99. The van der Waals surface area contributed by atoms with Gasteiger partial charge >= 0.3 is 0 Å². The molecule has 0 aliphatic heterocycles. The number of para-hydroxylation sites is 1. The molecular formula is C20H23N5OS. The molecule has 0 atom stereocenters. The van der Waals surface area contributed by atoms with E-state index in [9.17, 15) is 4.79 Å². The maximum atomic E-state index is 12.6. The smallest absolute Gasteiger partial charge is 0.233 e. The molecule has 0 saturated carbocycles. The molecule has 1 amide bonds. The number of nitrogens with zero attached hydrogens (tertiary/aromatic N) is 5. The Morgan fingerprint density at radius 3 is 2.63 bits per heavy atom. The molecule has 1 aromatic heterocycles. The second-order valence-corrected chi connectivity index (χ2v) is 7.57. The van der Waals surface area contributed by atoms with Gasteiger partial charge in [-0.25, -0.2) is 0 Å². The van der Waals surface area contributed by atoms with E-state index in [1.54, 1.807) is 9.58 Å². The molecule has 7 heteroatoms. The van der Waals surface area contributed by atoms with Crippen molar-refractivity contribution < 1.29 is 4.79 Å². The Balaban J connectivity index is 1.64. The number of thioether (sulfide) groups is 1. The van der Waals surface area contributed by atoms with Crippen molar-refractivity contribution in [1.82, 2.24) is 25.1 Å². The second kappa shape index (κ2) is 8.35. The Kier molecular flexibility index (Phi) is 5.91. The van der Waals surface area contributed by atoms with E-state index in [1.165, 1.54) is 22.9 Å². The second-order valence-electron chi connectivity index (χ2n) is 6.63. The molecule has 27 heavy (non-hydrogen) atoms. The maximum Gasteiger partial charge on any atom is 0.233 e. The van der Waals surface area contributed by atoms with Gasteiger partial charge in [-0.05, 0) is 54.0 Å². The Labute approximate surface area is 163 Å². The van der Waals surface area contributed by atoms with Crippen LogP contribution < -0.4 is 0 Å². The lowest BCUT2D eigenvalue weighted by Gasteiger charge is -2.18. The molecule has 0 bridgehead atoms. The number of hydrogen-bond donors (Lipinski definition) is 0. The van der Waals surface area contributed by atoms with Gasteiger partial charge in [0.25, 0.3) is 0 Å². The van der Waals surface area contributed by atoms with Gasteiger partial charge in [0.2, 0.25) is 11.1 Å². The number of carbonyl (C=O) groups excluding carboxylic acids is 1.